The van der Waals surface area contributed by atoms with Crippen LogP contribution < -0.4 is 0 Å². The van der Waals surface area contributed by atoms with Crippen LogP contribution in [-0.2, 0) is 4.79 Å². The fraction of sp³-hybridized carbons (Fsp3) is 0.375. The van der Waals surface area contributed by atoms with Gasteiger partial charge in [-0.15, -0.1) is 0 Å². The highest BCUT2D eigenvalue weighted by atomic mass is 32.2. The van der Waals surface area contributed by atoms with Crippen LogP contribution in [0.25, 0.3) is 0 Å². The third-order valence-electron chi connectivity index (χ3n) is 3.89. The van der Waals surface area contributed by atoms with E-state index in [0.29, 0.717) is 18.3 Å². The predicted octanol–water partition coefficient (Wildman–Crippen LogP) is 2.82. The number of carbonyl (C=O) groups is 1. The number of carbonyl (C=O) groups excluding carboxylic acids is 1. The van der Waals surface area contributed by atoms with Gasteiger partial charge in [0.1, 0.15) is 11.8 Å². The van der Waals surface area contributed by atoms with E-state index in [1.807, 2.05) is 36.7 Å². The molecule has 6 heteroatoms. The van der Waals surface area contributed by atoms with Gasteiger partial charge in [0.2, 0.25) is 0 Å². The number of allylic oxidation sites excluding steroid dienone is 3. The average Bonchev–Trinajstić information content (AvgIpc) is 3.27. The summed E-state index contributed by atoms with van der Waals surface area (Å²) in [4.78, 5) is 25.0. The molecule has 0 saturated heterocycles. The lowest BCUT2D eigenvalue weighted by Gasteiger charge is -2.17. The quantitative estimate of drug-likeness (QED) is 0.786. The molecule has 1 aliphatic heterocycles. The Hall–Kier alpha value is -1.95. The molecule has 1 aromatic rings. The first-order valence-corrected chi connectivity index (χ1v) is 8.50. The molecule has 1 unspecified atom stereocenters. The molecule has 0 aromatic carbocycles. The number of hydrogen-bond acceptors (Lipinski definition) is 4. The molecular formula is C16H16N4OS. The summed E-state index contributed by atoms with van der Waals surface area (Å²) >= 11 is 1.70. The maximum Gasteiger partial charge on any atom is 0.260 e. The van der Waals surface area contributed by atoms with E-state index in [1.165, 1.54) is 12.8 Å². The first-order chi connectivity index (χ1) is 10.8. The number of aromatic nitrogens is 2. The summed E-state index contributed by atoms with van der Waals surface area (Å²) in [6, 6.07) is 0.638. The fourth-order valence-electron chi connectivity index (χ4n) is 2.61. The Balaban J connectivity index is 1.39. The maximum absolute atomic E-state index is 12.0. The Morgan fingerprint density at radius 2 is 2.18 bits per heavy atom. The van der Waals surface area contributed by atoms with Crippen molar-refractivity contribution in [3.05, 3.63) is 36.7 Å². The smallest absolute Gasteiger partial charge is 0.260 e. The second kappa shape index (κ2) is 5.68. The minimum Gasteiger partial charge on any atom is -0.323 e. The molecule has 4 rings (SSSR count). The molecular weight excluding hydrogens is 296 g/mol. The lowest BCUT2D eigenvalue weighted by atomic mass is 9.96. The lowest BCUT2D eigenvalue weighted by molar-refractivity contribution is -0.118. The number of thioether (sulfide) groups is 1. The van der Waals surface area contributed by atoms with Crippen molar-refractivity contribution < 1.29 is 4.79 Å². The highest BCUT2D eigenvalue weighted by Crippen LogP contribution is 2.37. The summed E-state index contributed by atoms with van der Waals surface area (Å²) in [5.41, 5.74) is 0.807. The van der Waals surface area contributed by atoms with Crippen molar-refractivity contribution in [3.8, 4) is 0 Å². The fourth-order valence-corrected chi connectivity index (χ4v) is 3.57. The zero-order valence-electron chi connectivity index (χ0n) is 12.1. The van der Waals surface area contributed by atoms with Crippen LogP contribution >= 0.6 is 11.8 Å². The Labute approximate surface area is 132 Å². The zero-order chi connectivity index (χ0) is 14.9. The van der Waals surface area contributed by atoms with Crippen molar-refractivity contribution in [1.29, 1.82) is 0 Å². The van der Waals surface area contributed by atoms with Crippen molar-refractivity contribution >= 4 is 29.2 Å². The molecule has 1 aromatic heterocycles. The number of aliphatic imine (C=N–C) groups is 2. The number of rotatable bonds is 5. The first kappa shape index (κ1) is 13.7. The van der Waals surface area contributed by atoms with Crippen LogP contribution in [0.3, 0.4) is 0 Å². The molecule has 1 fully saturated rings. The summed E-state index contributed by atoms with van der Waals surface area (Å²) in [6.45, 7) is 0. The number of amidine groups is 1. The molecule has 5 nitrogen and oxygen atoms in total. The zero-order valence-corrected chi connectivity index (χ0v) is 12.9. The first-order valence-electron chi connectivity index (χ1n) is 7.52. The minimum atomic E-state index is -0.282. The van der Waals surface area contributed by atoms with Crippen LogP contribution in [0, 0.1) is 5.92 Å². The van der Waals surface area contributed by atoms with Crippen molar-refractivity contribution in [3.63, 3.8) is 0 Å². The SMILES string of the molecule is O=C1N=C(CCSc2nccn2C2CC2)N=C2C=CC=CC12. The van der Waals surface area contributed by atoms with E-state index in [9.17, 15) is 4.79 Å². The van der Waals surface area contributed by atoms with Crippen molar-refractivity contribution in [1.82, 2.24) is 9.55 Å². The Bertz CT molecular complexity index is 724. The van der Waals surface area contributed by atoms with E-state index in [4.69, 9.17) is 0 Å². The monoisotopic (exact) mass is 312 g/mol. The molecule has 0 radical (unpaired) electrons. The molecule has 1 saturated carbocycles. The summed E-state index contributed by atoms with van der Waals surface area (Å²) in [5.74, 6) is 1.07. The van der Waals surface area contributed by atoms with Gasteiger partial charge in [0.15, 0.2) is 5.16 Å². The molecule has 22 heavy (non-hydrogen) atoms. The average molecular weight is 312 g/mol. The Morgan fingerprint density at radius 3 is 3.05 bits per heavy atom. The van der Waals surface area contributed by atoms with Crippen molar-refractivity contribution in [2.24, 2.45) is 15.9 Å². The van der Waals surface area contributed by atoms with E-state index in [-0.39, 0.29) is 11.8 Å². The third-order valence-corrected chi connectivity index (χ3v) is 4.88. The van der Waals surface area contributed by atoms with E-state index in [1.54, 1.807) is 11.8 Å². The standard InChI is InChI=1S/C16H16N4OS/c21-15-12-3-1-2-4-13(12)18-14(19-15)7-10-22-16-17-8-9-20(16)11-5-6-11/h1-4,8-9,11-12H,5-7,10H2. The highest BCUT2D eigenvalue weighted by molar-refractivity contribution is 7.99. The molecule has 112 valence electrons. The van der Waals surface area contributed by atoms with Gasteiger partial charge in [0.25, 0.3) is 5.91 Å². The number of hydrogen-bond donors (Lipinski definition) is 0. The predicted molar refractivity (Wildman–Crippen MR) is 87.5 cm³/mol. The molecule has 0 spiro atoms. The highest BCUT2D eigenvalue weighted by Gasteiger charge is 2.27. The van der Waals surface area contributed by atoms with Gasteiger partial charge in [-0.3, -0.25) is 4.79 Å². The molecule has 2 heterocycles. The summed E-state index contributed by atoms with van der Waals surface area (Å²) in [7, 11) is 0. The van der Waals surface area contributed by atoms with Crippen LogP contribution in [-0.4, -0.2) is 32.8 Å². The number of fused-ring (bicyclic) bond motifs is 1. The third kappa shape index (κ3) is 2.70. The van der Waals surface area contributed by atoms with Crippen molar-refractivity contribution in [2.75, 3.05) is 5.75 Å². The molecule has 2 aliphatic carbocycles. The van der Waals surface area contributed by atoms with Crippen LogP contribution in [0.15, 0.2) is 51.8 Å². The summed E-state index contributed by atoms with van der Waals surface area (Å²) in [6.07, 6.45) is 14.6. The molecule has 3 aliphatic rings. The van der Waals surface area contributed by atoms with Crippen LogP contribution in [0.2, 0.25) is 0 Å². The molecule has 1 atom stereocenters. The van der Waals surface area contributed by atoms with Gasteiger partial charge in [-0.2, -0.15) is 4.99 Å². The van der Waals surface area contributed by atoms with Gasteiger partial charge in [-0.25, -0.2) is 9.98 Å². The molecule has 0 N–H and O–H groups in total. The summed E-state index contributed by atoms with van der Waals surface area (Å²) in [5, 5.41) is 1.05. The Kier molecular flexibility index (Phi) is 3.54. The van der Waals surface area contributed by atoms with E-state index < -0.39 is 0 Å². The van der Waals surface area contributed by atoms with Gasteiger partial charge in [0, 0.05) is 30.6 Å². The number of nitrogens with zero attached hydrogens (tertiary/aromatic N) is 4. The topological polar surface area (TPSA) is 59.6 Å². The molecule has 0 bridgehead atoms. The Morgan fingerprint density at radius 1 is 1.27 bits per heavy atom. The molecule has 1 amide bonds. The van der Waals surface area contributed by atoms with E-state index in [0.717, 1.165) is 16.6 Å². The van der Waals surface area contributed by atoms with Gasteiger partial charge < -0.3 is 4.57 Å². The second-order valence-electron chi connectivity index (χ2n) is 5.57. The lowest BCUT2D eigenvalue weighted by Crippen LogP contribution is -2.27. The van der Waals surface area contributed by atoms with Crippen LogP contribution in [0.5, 0.6) is 0 Å². The van der Waals surface area contributed by atoms with E-state index in [2.05, 4.69) is 19.5 Å². The number of amides is 1. The van der Waals surface area contributed by atoms with Gasteiger partial charge in [-0.05, 0) is 18.9 Å². The van der Waals surface area contributed by atoms with E-state index >= 15 is 0 Å². The minimum absolute atomic E-state index is 0.106. The largest absolute Gasteiger partial charge is 0.323 e. The van der Waals surface area contributed by atoms with Gasteiger partial charge >= 0.3 is 0 Å². The van der Waals surface area contributed by atoms with Crippen LogP contribution in [0.1, 0.15) is 25.3 Å². The van der Waals surface area contributed by atoms with Gasteiger partial charge in [0.05, 0.1) is 5.71 Å². The van der Waals surface area contributed by atoms with Crippen molar-refractivity contribution in [2.45, 2.75) is 30.5 Å². The number of imidazole rings is 1. The summed E-state index contributed by atoms with van der Waals surface area (Å²) < 4.78 is 2.25. The second-order valence-corrected chi connectivity index (χ2v) is 6.63. The maximum atomic E-state index is 12.0. The van der Waals surface area contributed by atoms with Crippen LogP contribution in [0.4, 0.5) is 0 Å². The normalized spacial score (nSPS) is 23.3. The van der Waals surface area contributed by atoms with Gasteiger partial charge in [-0.1, -0.05) is 30.0 Å².